The van der Waals surface area contributed by atoms with Crippen molar-refractivity contribution in [2.24, 2.45) is 0 Å². The van der Waals surface area contributed by atoms with Crippen LogP contribution in [0.3, 0.4) is 0 Å². The number of carbonyl (C=O) groups is 2. The van der Waals surface area contributed by atoms with Gasteiger partial charge in [-0.25, -0.2) is 0 Å². The summed E-state index contributed by atoms with van der Waals surface area (Å²) in [5, 5.41) is 0. The van der Waals surface area contributed by atoms with Crippen LogP contribution in [0.2, 0.25) is 9.94 Å². The molecule has 0 aliphatic heterocycles. The fraction of sp³-hybridized carbons (Fsp3) is 0.300. The SMILES string of the molecule is C[Te]C(C(=O)OCCOC(=O)C([Te]C)c1ccccc1)c1ccccc1. The second-order valence-corrected chi connectivity index (χ2v) is 10.8. The van der Waals surface area contributed by atoms with Crippen LogP contribution in [0.15, 0.2) is 60.7 Å². The van der Waals surface area contributed by atoms with Gasteiger partial charge in [0.25, 0.3) is 0 Å². The van der Waals surface area contributed by atoms with Gasteiger partial charge in [0, 0.05) is 0 Å². The van der Waals surface area contributed by atoms with Crippen molar-refractivity contribution >= 4 is 53.8 Å². The van der Waals surface area contributed by atoms with Crippen molar-refractivity contribution < 1.29 is 19.1 Å². The summed E-state index contributed by atoms with van der Waals surface area (Å²) < 4.78 is 10.4. The Morgan fingerprint density at radius 1 is 0.731 bits per heavy atom. The van der Waals surface area contributed by atoms with Crippen LogP contribution in [0.25, 0.3) is 0 Å². The second-order valence-electron chi connectivity index (χ2n) is 5.39. The summed E-state index contributed by atoms with van der Waals surface area (Å²) in [6, 6.07) is 19.4. The van der Waals surface area contributed by atoms with Crippen molar-refractivity contribution in [3.8, 4) is 0 Å². The summed E-state index contributed by atoms with van der Waals surface area (Å²) in [4.78, 5) is 28.8. The third kappa shape index (κ3) is 6.29. The molecule has 0 aromatic heterocycles. The minimum absolute atomic E-state index is 0.104. The zero-order valence-electron chi connectivity index (χ0n) is 14.8. The molecule has 0 fully saturated rings. The van der Waals surface area contributed by atoms with E-state index in [0.717, 1.165) is 11.1 Å². The second kappa shape index (κ2) is 11.6. The summed E-state index contributed by atoms with van der Waals surface area (Å²) in [6.07, 6.45) is 0. The first-order valence-corrected chi connectivity index (χ1v) is 15.5. The maximum absolute atomic E-state index is 12.3. The minimum atomic E-state index is -0.516. The molecule has 0 heterocycles. The summed E-state index contributed by atoms with van der Waals surface area (Å²) in [7, 11) is 0. The molecular weight excluding hydrogens is 559 g/mol. The molecule has 0 aliphatic rings. The Morgan fingerprint density at radius 3 is 1.38 bits per heavy atom. The van der Waals surface area contributed by atoms with Gasteiger partial charge in [0.2, 0.25) is 0 Å². The summed E-state index contributed by atoms with van der Waals surface area (Å²) >= 11 is -1.03. The van der Waals surface area contributed by atoms with Gasteiger partial charge >= 0.3 is 176 Å². The zero-order chi connectivity index (χ0) is 18.8. The van der Waals surface area contributed by atoms with Crippen LogP contribution in [0, 0.1) is 0 Å². The molecule has 2 rings (SSSR count). The average molecular weight is 582 g/mol. The van der Waals surface area contributed by atoms with E-state index >= 15 is 0 Å². The van der Waals surface area contributed by atoms with Gasteiger partial charge in [-0.05, 0) is 0 Å². The fourth-order valence-corrected chi connectivity index (χ4v) is 6.37. The molecule has 138 valence electrons. The first-order chi connectivity index (χ1) is 12.7. The molecule has 2 unspecified atom stereocenters. The number of esters is 2. The number of rotatable bonds is 9. The van der Waals surface area contributed by atoms with Crippen LogP contribution in [-0.2, 0) is 19.1 Å². The molecule has 2 aromatic rings. The Kier molecular flexibility index (Phi) is 9.51. The first kappa shape index (κ1) is 21.3. The third-order valence-electron chi connectivity index (χ3n) is 3.68. The Labute approximate surface area is 174 Å². The average Bonchev–Trinajstić information content (AvgIpc) is 2.68. The van der Waals surface area contributed by atoms with Gasteiger partial charge in [0.05, 0.1) is 0 Å². The Bertz CT molecular complexity index is 630. The van der Waals surface area contributed by atoms with E-state index in [0.29, 0.717) is 0 Å². The van der Waals surface area contributed by atoms with Gasteiger partial charge in [-0.1, -0.05) is 0 Å². The van der Waals surface area contributed by atoms with Crippen molar-refractivity contribution in [2.45, 2.75) is 17.9 Å². The normalized spacial score (nSPS) is 12.8. The molecule has 26 heavy (non-hydrogen) atoms. The van der Waals surface area contributed by atoms with Crippen molar-refractivity contribution in [2.75, 3.05) is 13.2 Å². The number of hydrogen-bond acceptors (Lipinski definition) is 4. The van der Waals surface area contributed by atoms with Gasteiger partial charge in [-0.15, -0.1) is 0 Å². The molecule has 0 N–H and O–H groups in total. The van der Waals surface area contributed by atoms with E-state index in [1.807, 2.05) is 60.7 Å². The van der Waals surface area contributed by atoms with Crippen molar-refractivity contribution in [3.05, 3.63) is 71.8 Å². The molecule has 0 saturated heterocycles. The van der Waals surface area contributed by atoms with E-state index in [1.165, 1.54) is 0 Å². The predicted molar refractivity (Wildman–Crippen MR) is 104 cm³/mol. The summed E-state index contributed by atoms with van der Waals surface area (Å²) in [5.74, 6) is -0.443. The number of benzene rings is 2. The van der Waals surface area contributed by atoms with Gasteiger partial charge < -0.3 is 0 Å². The summed E-state index contributed by atoms with van der Waals surface area (Å²) in [6.45, 7) is 0.208. The van der Waals surface area contributed by atoms with Crippen LogP contribution in [0.5, 0.6) is 0 Å². The molecule has 0 amide bonds. The van der Waals surface area contributed by atoms with E-state index < -0.39 is 41.8 Å². The van der Waals surface area contributed by atoms with Crippen molar-refractivity contribution in [3.63, 3.8) is 0 Å². The van der Waals surface area contributed by atoms with Crippen LogP contribution < -0.4 is 0 Å². The third-order valence-corrected chi connectivity index (χ3v) is 9.02. The van der Waals surface area contributed by atoms with E-state index in [9.17, 15) is 9.59 Å². The van der Waals surface area contributed by atoms with Gasteiger partial charge in [-0.3, -0.25) is 0 Å². The van der Waals surface area contributed by atoms with E-state index in [-0.39, 0.29) is 33.1 Å². The van der Waals surface area contributed by atoms with Crippen LogP contribution >= 0.6 is 0 Å². The Balaban J connectivity index is 1.80. The van der Waals surface area contributed by atoms with Gasteiger partial charge in [0.1, 0.15) is 0 Å². The predicted octanol–water partition coefficient (Wildman–Crippen LogP) is 3.06. The van der Waals surface area contributed by atoms with Gasteiger partial charge in [0.15, 0.2) is 0 Å². The molecule has 0 bridgehead atoms. The monoisotopic (exact) mass is 586 g/mol. The molecular formula is C20H22O4Te2. The molecule has 0 spiro atoms. The van der Waals surface area contributed by atoms with Crippen molar-refractivity contribution in [1.29, 1.82) is 0 Å². The Hall–Kier alpha value is -1.04. The number of hydrogen-bond donors (Lipinski definition) is 0. The molecule has 2 aromatic carbocycles. The van der Waals surface area contributed by atoms with E-state index in [1.54, 1.807) is 0 Å². The molecule has 0 saturated carbocycles. The molecule has 4 nitrogen and oxygen atoms in total. The first-order valence-electron chi connectivity index (χ1n) is 8.16. The zero-order valence-corrected chi connectivity index (χ0v) is 19.5. The topological polar surface area (TPSA) is 52.6 Å². The molecule has 0 aliphatic carbocycles. The molecule has 6 heteroatoms. The fourth-order valence-electron chi connectivity index (χ4n) is 2.43. The Morgan fingerprint density at radius 2 is 1.08 bits per heavy atom. The van der Waals surface area contributed by atoms with Crippen LogP contribution in [0.1, 0.15) is 19.1 Å². The summed E-state index contributed by atoms with van der Waals surface area (Å²) in [5.41, 5.74) is 2.00. The molecule has 0 radical (unpaired) electrons. The number of ether oxygens (including phenoxy) is 2. The van der Waals surface area contributed by atoms with Crippen LogP contribution in [0.4, 0.5) is 0 Å². The number of carbonyl (C=O) groups excluding carboxylic acids is 2. The van der Waals surface area contributed by atoms with Crippen LogP contribution in [-0.4, -0.2) is 67.0 Å². The standard InChI is InChI=1S/C20H22O4Te2/c1-25-17(15-9-5-3-6-10-15)19(21)23-13-14-24-20(22)18(26-2)16-11-7-4-8-12-16/h3-12,17-18H,13-14H2,1-2H3. The molecule has 2 atom stereocenters. The van der Waals surface area contributed by atoms with E-state index in [2.05, 4.69) is 9.94 Å². The van der Waals surface area contributed by atoms with Gasteiger partial charge in [-0.2, -0.15) is 0 Å². The quantitative estimate of drug-likeness (QED) is 0.260. The maximum atomic E-state index is 12.3. The van der Waals surface area contributed by atoms with Crippen molar-refractivity contribution in [1.82, 2.24) is 0 Å². The van der Waals surface area contributed by atoms with E-state index in [4.69, 9.17) is 9.47 Å².